The first-order chi connectivity index (χ1) is 13.0. The van der Waals surface area contributed by atoms with E-state index in [4.69, 9.17) is 44.9 Å². The van der Waals surface area contributed by atoms with Crippen LogP contribution < -0.4 is 15.4 Å². The van der Waals surface area contributed by atoms with Gasteiger partial charge in [0.05, 0.1) is 6.10 Å². The molecule has 27 heavy (non-hydrogen) atoms. The standard InChI is InChI=1S/C19H18Cl2N2O3S/c20-13-7-12(8-14(21)9-13)18(24)23-19(27)22-15-3-1-4-16(10-15)26-11-17-5-2-6-25-17/h1,3-4,7-10,17H,2,5-6,11H2,(H2,22,23,24,27). The smallest absolute Gasteiger partial charge is 0.257 e. The highest BCUT2D eigenvalue weighted by Gasteiger charge is 2.16. The Morgan fingerprint density at radius 3 is 2.70 bits per heavy atom. The van der Waals surface area contributed by atoms with Crippen molar-refractivity contribution < 1.29 is 14.3 Å². The Morgan fingerprint density at radius 2 is 2.00 bits per heavy atom. The van der Waals surface area contributed by atoms with Crippen molar-refractivity contribution in [2.75, 3.05) is 18.5 Å². The van der Waals surface area contributed by atoms with Crippen LogP contribution in [0.1, 0.15) is 23.2 Å². The van der Waals surface area contributed by atoms with Gasteiger partial charge in [-0.3, -0.25) is 10.1 Å². The van der Waals surface area contributed by atoms with E-state index in [0.717, 1.165) is 19.4 Å². The maximum Gasteiger partial charge on any atom is 0.257 e. The number of ether oxygens (including phenoxy) is 2. The van der Waals surface area contributed by atoms with Gasteiger partial charge < -0.3 is 14.8 Å². The number of amides is 1. The summed E-state index contributed by atoms with van der Waals surface area (Å²) in [6.45, 7) is 1.31. The van der Waals surface area contributed by atoms with E-state index in [-0.39, 0.29) is 11.2 Å². The first kappa shape index (κ1) is 19.9. The molecule has 2 aromatic carbocycles. The monoisotopic (exact) mass is 424 g/mol. The first-order valence-electron chi connectivity index (χ1n) is 8.42. The SMILES string of the molecule is O=C(NC(=S)Nc1cccc(OCC2CCCO2)c1)c1cc(Cl)cc(Cl)c1. The molecule has 142 valence electrons. The third-order valence-corrected chi connectivity index (χ3v) is 4.54. The topological polar surface area (TPSA) is 59.6 Å². The molecule has 0 aromatic heterocycles. The number of hydrogen-bond acceptors (Lipinski definition) is 4. The second-order valence-electron chi connectivity index (χ2n) is 6.04. The van der Waals surface area contributed by atoms with Crippen LogP contribution in [0.5, 0.6) is 5.75 Å². The fraction of sp³-hybridized carbons (Fsp3) is 0.263. The lowest BCUT2D eigenvalue weighted by atomic mass is 10.2. The Hall–Kier alpha value is -1.86. The molecule has 0 saturated carbocycles. The van der Waals surface area contributed by atoms with Gasteiger partial charge in [-0.1, -0.05) is 29.3 Å². The molecule has 0 aliphatic carbocycles. The average molecular weight is 425 g/mol. The lowest BCUT2D eigenvalue weighted by molar-refractivity contribution is 0.0680. The minimum atomic E-state index is -0.400. The highest BCUT2D eigenvalue weighted by Crippen LogP contribution is 2.21. The molecule has 2 N–H and O–H groups in total. The van der Waals surface area contributed by atoms with Crippen molar-refractivity contribution in [3.8, 4) is 5.75 Å². The second-order valence-corrected chi connectivity index (χ2v) is 7.32. The minimum Gasteiger partial charge on any atom is -0.491 e. The molecule has 3 rings (SSSR count). The van der Waals surface area contributed by atoms with E-state index in [0.29, 0.717) is 33.7 Å². The molecule has 5 nitrogen and oxygen atoms in total. The summed E-state index contributed by atoms with van der Waals surface area (Å²) in [5, 5.41) is 6.48. The largest absolute Gasteiger partial charge is 0.491 e. The number of anilines is 1. The summed E-state index contributed by atoms with van der Waals surface area (Å²) in [4.78, 5) is 12.3. The van der Waals surface area contributed by atoms with E-state index in [2.05, 4.69) is 10.6 Å². The summed E-state index contributed by atoms with van der Waals surface area (Å²) in [6.07, 6.45) is 2.23. The summed E-state index contributed by atoms with van der Waals surface area (Å²) in [5.74, 6) is 0.300. The van der Waals surface area contributed by atoms with E-state index in [1.807, 2.05) is 24.3 Å². The van der Waals surface area contributed by atoms with Crippen molar-refractivity contribution in [3.05, 3.63) is 58.1 Å². The third kappa shape index (κ3) is 6.07. The van der Waals surface area contributed by atoms with Crippen LogP contribution in [0.25, 0.3) is 0 Å². The number of thiocarbonyl (C=S) groups is 1. The molecule has 1 amide bonds. The van der Waals surface area contributed by atoms with E-state index in [1.165, 1.54) is 12.1 Å². The van der Waals surface area contributed by atoms with Crippen LogP contribution in [0.2, 0.25) is 10.0 Å². The molecule has 1 aliphatic heterocycles. The molecular weight excluding hydrogens is 407 g/mol. The van der Waals surface area contributed by atoms with Crippen LogP contribution in [-0.2, 0) is 4.74 Å². The summed E-state index contributed by atoms with van der Waals surface area (Å²) >= 11 is 17.0. The van der Waals surface area contributed by atoms with Crippen LogP contribution in [-0.4, -0.2) is 30.3 Å². The van der Waals surface area contributed by atoms with E-state index in [9.17, 15) is 4.79 Å². The van der Waals surface area contributed by atoms with Crippen LogP contribution >= 0.6 is 35.4 Å². The van der Waals surface area contributed by atoms with Gasteiger partial charge in [-0.25, -0.2) is 0 Å². The maximum atomic E-state index is 12.3. The fourth-order valence-corrected chi connectivity index (χ4v) is 3.39. The molecule has 0 radical (unpaired) electrons. The quantitative estimate of drug-likeness (QED) is 0.682. The van der Waals surface area contributed by atoms with Crippen LogP contribution in [0.3, 0.4) is 0 Å². The molecule has 1 heterocycles. The van der Waals surface area contributed by atoms with Gasteiger partial charge in [0.1, 0.15) is 12.4 Å². The van der Waals surface area contributed by atoms with Gasteiger partial charge in [0.25, 0.3) is 5.91 Å². The molecule has 0 bridgehead atoms. The van der Waals surface area contributed by atoms with Gasteiger partial charge in [-0.05, 0) is 55.4 Å². The average Bonchev–Trinajstić information content (AvgIpc) is 3.13. The van der Waals surface area contributed by atoms with Crippen molar-refractivity contribution in [3.63, 3.8) is 0 Å². The summed E-state index contributed by atoms with van der Waals surface area (Å²) in [6, 6.07) is 11.9. The number of benzene rings is 2. The third-order valence-electron chi connectivity index (χ3n) is 3.90. The Morgan fingerprint density at radius 1 is 1.22 bits per heavy atom. The molecule has 1 unspecified atom stereocenters. The van der Waals surface area contributed by atoms with Crippen LogP contribution in [0.4, 0.5) is 5.69 Å². The summed E-state index contributed by atoms with van der Waals surface area (Å²) < 4.78 is 11.3. The zero-order chi connectivity index (χ0) is 19.2. The van der Waals surface area contributed by atoms with E-state index >= 15 is 0 Å². The van der Waals surface area contributed by atoms with Crippen molar-refractivity contribution >= 4 is 52.1 Å². The number of nitrogens with one attached hydrogen (secondary N) is 2. The highest BCUT2D eigenvalue weighted by molar-refractivity contribution is 7.80. The number of halogens is 2. The molecule has 1 atom stereocenters. The molecule has 8 heteroatoms. The maximum absolute atomic E-state index is 12.3. The van der Waals surface area contributed by atoms with E-state index < -0.39 is 5.91 Å². The molecule has 1 fully saturated rings. The Balaban J connectivity index is 1.55. The van der Waals surface area contributed by atoms with Gasteiger partial charge in [-0.15, -0.1) is 0 Å². The molecular formula is C19H18Cl2N2O3S. The molecule has 2 aromatic rings. The molecule has 1 saturated heterocycles. The van der Waals surface area contributed by atoms with Crippen molar-refractivity contribution in [2.24, 2.45) is 0 Å². The first-order valence-corrected chi connectivity index (χ1v) is 9.59. The van der Waals surface area contributed by atoms with Gasteiger partial charge >= 0.3 is 0 Å². The van der Waals surface area contributed by atoms with Gasteiger partial charge in [0.15, 0.2) is 5.11 Å². The van der Waals surface area contributed by atoms with Gasteiger partial charge in [-0.2, -0.15) is 0 Å². The molecule has 1 aliphatic rings. The van der Waals surface area contributed by atoms with Crippen LogP contribution in [0, 0.1) is 0 Å². The lowest BCUT2D eigenvalue weighted by Gasteiger charge is -2.13. The normalized spacial score (nSPS) is 16.0. The van der Waals surface area contributed by atoms with E-state index in [1.54, 1.807) is 6.07 Å². The number of rotatable bonds is 5. The second kappa shape index (κ2) is 9.37. The van der Waals surface area contributed by atoms with Crippen molar-refractivity contribution in [1.82, 2.24) is 5.32 Å². The Bertz CT molecular complexity index is 821. The van der Waals surface area contributed by atoms with Crippen LogP contribution in [0.15, 0.2) is 42.5 Å². The predicted octanol–water partition coefficient (Wildman–Crippen LogP) is 4.68. The summed E-state index contributed by atoms with van der Waals surface area (Å²) in [7, 11) is 0. The predicted molar refractivity (Wildman–Crippen MR) is 111 cm³/mol. The lowest BCUT2D eigenvalue weighted by Crippen LogP contribution is -2.34. The Kier molecular flexibility index (Phi) is 6.90. The highest BCUT2D eigenvalue weighted by atomic mass is 35.5. The zero-order valence-corrected chi connectivity index (χ0v) is 16.7. The fourth-order valence-electron chi connectivity index (χ4n) is 2.65. The van der Waals surface area contributed by atoms with Crippen molar-refractivity contribution in [1.29, 1.82) is 0 Å². The minimum absolute atomic E-state index is 0.145. The molecule has 0 spiro atoms. The Labute approximate surface area is 172 Å². The number of carbonyl (C=O) groups excluding carboxylic acids is 1. The zero-order valence-electron chi connectivity index (χ0n) is 14.3. The van der Waals surface area contributed by atoms with Crippen molar-refractivity contribution in [2.45, 2.75) is 18.9 Å². The number of carbonyl (C=O) groups is 1. The van der Waals surface area contributed by atoms with Gasteiger partial charge in [0.2, 0.25) is 0 Å². The van der Waals surface area contributed by atoms with Gasteiger partial charge in [0, 0.05) is 34.0 Å². The number of hydrogen-bond donors (Lipinski definition) is 2. The summed E-state index contributed by atoms with van der Waals surface area (Å²) in [5.41, 5.74) is 1.03.